The van der Waals surface area contributed by atoms with Crippen LogP contribution in [0.5, 0.6) is 5.75 Å². The lowest BCUT2D eigenvalue weighted by Gasteiger charge is -2.15. The number of hydrogen-bond donors (Lipinski definition) is 3. The Labute approximate surface area is 132 Å². The van der Waals surface area contributed by atoms with Crippen LogP contribution < -0.4 is 10.1 Å². The number of rotatable bonds is 5. The maximum absolute atomic E-state index is 13.8. The van der Waals surface area contributed by atoms with Gasteiger partial charge in [0, 0.05) is 11.4 Å². The van der Waals surface area contributed by atoms with Crippen LogP contribution in [0.25, 0.3) is 0 Å². The van der Waals surface area contributed by atoms with Crippen molar-refractivity contribution in [2.45, 2.75) is 19.9 Å². The third kappa shape index (κ3) is 3.50. The first-order valence-corrected chi connectivity index (χ1v) is 6.86. The normalized spacial score (nSPS) is 11.8. The first-order valence-electron chi connectivity index (χ1n) is 6.86. The van der Waals surface area contributed by atoms with Gasteiger partial charge in [0.15, 0.2) is 17.6 Å². The topological polar surface area (TPSA) is 91.4 Å². The van der Waals surface area contributed by atoms with Gasteiger partial charge in [-0.3, -0.25) is 4.79 Å². The van der Waals surface area contributed by atoms with E-state index in [1.807, 2.05) is 0 Å². The van der Waals surface area contributed by atoms with Gasteiger partial charge < -0.3 is 20.1 Å². The third-order valence-corrected chi connectivity index (χ3v) is 3.43. The standard InChI is InChI=1S/C16H17FN2O4/c1-8-6-11(9(2)18-8)15(20)19-14(16(21)22)10-4-5-13(23-3)12(17)7-10/h4-7,14,18H,1-3H3,(H,19,20)(H,21,22). The first kappa shape index (κ1) is 16.5. The molecule has 0 aliphatic heterocycles. The number of aryl methyl sites for hydroxylation is 2. The highest BCUT2D eigenvalue weighted by Gasteiger charge is 2.25. The smallest absolute Gasteiger partial charge is 0.330 e. The zero-order valence-corrected chi connectivity index (χ0v) is 12.9. The summed E-state index contributed by atoms with van der Waals surface area (Å²) in [6, 6.07) is 4.01. The Hall–Kier alpha value is -2.83. The quantitative estimate of drug-likeness (QED) is 0.788. The molecule has 122 valence electrons. The van der Waals surface area contributed by atoms with Gasteiger partial charge in [-0.2, -0.15) is 0 Å². The maximum atomic E-state index is 13.8. The van der Waals surface area contributed by atoms with E-state index in [0.29, 0.717) is 11.3 Å². The fraction of sp³-hybridized carbons (Fsp3) is 0.250. The van der Waals surface area contributed by atoms with E-state index in [9.17, 15) is 19.1 Å². The minimum Gasteiger partial charge on any atom is -0.494 e. The number of benzene rings is 1. The molecule has 6 nitrogen and oxygen atoms in total. The van der Waals surface area contributed by atoms with Gasteiger partial charge in [0.05, 0.1) is 12.7 Å². The maximum Gasteiger partial charge on any atom is 0.330 e. The van der Waals surface area contributed by atoms with Crippen LogP contribution in [0.4, 0.5) is 4.39 Å². The summed E-state index contributed by atoms with van der Waals surface area (Å²) in [7, 11) is 1.31. The van der Waals surface area contributed by atoms with Crippen LogP contribution in [0.15, 0.2) is 24.3 Å². The number of carbonyl (C=O) groups excluding carboxylic acids is 1. The van der Waals surface area contributed by atoms with Gasteiger partial charge in [-0.1, -0.05) is 6.07 Å². The highest BCUT2D eigenvalue weighted by atomic mass is 19.1. The van der Waals surface area contributed by atoms with Crippen LogP contribution in [0.2, 0.25) is 0 Å². The van der Waals surface area contributed by atoms with Gasteiger partial charge in [-0.05, 0) is 37.6 Å². The Morgan fingerprint density at radius 3 is 2.48 bits per heavy atom. The molecule has 0 radical (unpaired) electrons. The number of hydrogen-bond acceptors (Lipinski definition) is 3. The molecule has 1 atom stereocenters. The number of nitrogens with one attached hydrogen (secondary N) is 2. The van der Waals surface area contributed by atoms with Crippen LogP contribution in [0.1, 0.15) is 33.4 Å². The third-order valence-electron chi connectivity index (χ3n) is 3.43. The average Bonchev–Trinajstić information content (AvgIpc) is 2.83. The van der Waals surface area contributed by atoms with Crippen molar-refractivity contribution in [2.24, 2.45) is 0 Å². The summed E-state index contributed by atoms with van der Waals surface area (Å²) in [6.07, 6.45) is 0. The lowest BCUT2D eigenvalue weighted by atomic mass is 10.1. The summed E-state index contributed by atoms with van der Waals surface area (Å²) >= 11 is 0. The molecule has 0 aliphatic rings. The SMILES string of the molecule is COc1ccc(C(NC(=O)c2cc(C)[nH]c2C)C(=O)O)cc1F. The molecule has 0 aliphatic carbocycles. The highest BCUT2D eigenvalue weighted by molar-refractivity contribution is 5.98. The molecule has 7 heteroatoms. The molecule has 23 heavy (non-hydrogen) atoms. The van der Waals surface area contributed by atoms with E-state index < -0.39 is 23.7 Å². The van der Waals surface area contributed by atoms with Gasteiger partial charge in [0.2, 0.25) is 0 Å². The van der Waals surface area contributed by atoms with Crippen molar-refractivity contribution in [2.75, 3.05) is 7.11 Å². The number of halogens is 1. The first-order chi connectivity index (χ1) is 10.8. The van der Waals surface area contributed by atoms with E-state index in [4.69, 9.17) is 4.74 Å². The molecular formula is C16H17FN2O4. The number of aromatic amines is 1. The van der Waals surface area contributed by atoms with Crippen LogP contribution in [0, 0.1) is 19.7 Å². The summed E-state index contributed by atoms with van der Waals surface area (Å²) in [5, 5.41) is 11.7. The predicted molar refractivity (Wildman–Crippen MR) is 81.1 cm³/mol. The number of carboxylic acid groups (broad SMARTS) is 1. The van der Waals surface area contributed by atoms with E-state index in [1.165, 1.54) is 19.2 Å². The summed E-state index contributed by atoms with van der Waals surface area (Å²) < 4.78 is 18.6. The van der Waals surface area contributed by atoms with Crippen molar-refractivity contribution in [1.82, 2.24) is 10.3 Å². The minimum absolute atomic E-state index is 0.00122. The highest BCUT2D eigenvalue weighted by Crippen LogP contribution is 2.23. The van der Waals surface area contributed by atoms with E-state index in [-0.39, 0.29) is 11.3 Å². The van der Waals surface area contributed by atoms with Gasteiger partial charge >= 0.3 is 5.97 Å². The van der Waals surface area contributed by atoms with E-state index in [1.54, 1.807) is 19.9 Å². The fourth-order valence-corrected chi connectivity index (χ4v) is 2.32. The number of H-pyrrole nitrogens is 1. The van der Waals surface area contributed by atoms with Crippen LogP contribution in [-0.2, 0) is 4.79 Å². The van der Waals surface area contributed by atoms with Crippen molar-refractivity contribution in [3.05, 3.63) is 52.6 Å². The molecule has 1 unspecified atom stereocenters. The number of carboxylic acids is 1. The van der Waals surface area contributed by atoms with Gasteiger partial charge in [-0.25, -0.2) is 9.18 Å². The summed E-state index contributed by atoms with van der Waals surface area (Å²) in [5.74, 6) is -2.52. The van der Waals surface area contributed by atoms with Crippen molar-refractivity contribution >= 4 is 11.9 Å². The minimum atomic E-state index is -1.36. The lowest BCUT2D eigenvalue weighted by Crippen LogP contribution is -2.34. The molecule has 2 rings (SSSR count). The van der Waals surface area contributed by atoms with Crippen molar-refractivity contribution < 1.29 is 23.8 Å². The van der Waals surface area contributed by atoms with Crippen LogP contribution in [0.3, 0.4) is 0 Å². The summed E-state index contributed by atoms with van der Waals surface area (Å²) in [6.45, 7) is 3.50. The lowest BCUT2D eigenvalue weighted by molar-refractivity contribution is -0.139. The summed E-state index contributed by atoms with van der Waals surface area (Å²) in [5.41, 5.74) is 1.89. The molecule has 0 spiro atoms. The Morgan fingerprint density at radius 2 is 2.00 bits per heavy atom. The molecule has 1 amide bonds. The van der Waals surface area contributed by atoms with Gasteiger partial charge in [0.25, 0.3) is 5.91 Å². The molecule has 0 fully saturated rings. The Morgan fingerprint density at radius 1 is 1.30 bits per heavy atom. The molecule has 1 aromatic heterocycles. The number of amides is 1. The second-order valence-electron chi connectivity index (χ2n) is 5.13. The number of methoxy groups -OCH3 is 1. The molecular weight excluding hydrogens is 303 g/mol. The Kier molecular flexibility index (Phi) is 4.68. The second-order valence-corrected chi connectivity index (χ2v) is 5.13. The fourth-order valence-electron chi connectivity index (χ4n) is 2.32. The molecule has 0 saturated carbocycles. The van der Waals surface area contributed by atoms with E-state index in [2.05, 4.69) is 10.3 Å². The largest absolute Gasteiger partial charge is 0.494 e. The molecule has 0 bridgehead atoms. The number of carbonyl (C=O) groups is 2. The average molecular weight is 320 g/mol. The Balaban J connectivity index is 2.29. The monoisotopic (exact) mass is 320 g/mol. The van der Waals surface area contributed by atoms with Crippen molar-refractivity contribution in [3.8, 4) is 5.75 Å². The van der Waals surface area contributed by atoms with Gasteiger partial charge in [-0.15, -0.1) is 0 Å². The molecule has 1 heterocycles. The number of aliphatic carboxylic acids is 1. The zero-order chi connectivity index (χ0) is 17.1. The Bertz CT molecular complexity index is 755. The molecule has 3 N–H and O–H groups in total. The van der Waals surface area contributed by atoms with Crippen LogP contribution >= 0.6 is 0 Å². The predicted octanol–water partition coefficient (Wildman–Crippen LogP) is 2.33. The van der Waals surface area contributed by atoms with Crippen molar-refractivity contribution in [1.29, 1.82) is 0 Å². The molecule has 0 saturated heterocycles. The summed E-state index contributed by atoms with van der Waals surface area (Å²) in [4.78, 5) is 26.7. The van der Waals surface area contributed by atoms with E-state index >= 15 is 0 Å². The number of ether oxygens (including phenoxy) is 1. The zero-order valence-electron chi connectivity index (χ0n) is 12.9. The van der Waals surface area contributed by atoms with Crippen LogP contribution in [-0.4, -0.2) is 29.1 Å². The second kappa shape index (κ2) is 6.51. The van der Waals surface area contributed by atoms with Crippen molar-refractivity contribution in [3.63, 3.8) is 0 Å². The van der Waals surface area contributed by atoms with E-state index in [0.717, 1.165) is 11.8 Å². The van der Waals surface area contributed by atoms with Gasteiger partial charge in [0.1, 0.15) is 0 Å². The number of aromatic nitrogens is 1. The molecule has 2 aromatic rings. The molecule has 1 aromatic carbocycles.